The molecule has 27 heavy (non-hydrogen) atoms. The van der Waals surface area contributed by atoms with Gasteiger partial charge in [0.1, 0.15) is 5.82 Å². The van der Waals surface area contributed by atoms with Gasteiger partial charge in [-0.3, -0.25) is 0 Å². The Morgan fingerprint density at radius 2 is 1.93 bits per heavy atom. The van der Waals surface area contributed by atoms with Gasteiger partial charge in [0, 0.05) is 17.0 Å². The van der Waals surface area contributed by atoms with Crippen LogP contribution in [0.4, 0.5) is 5.82 Å². The highest BCUT2D eigenvalue weighted by atomic mass is 35.5. The molecule has 1 saturated carbocycles. The van der Waals surface area contributed by atoms with E-state index in [0.717, 1.165) is 33.7 Å². The monoisotopic (exact) mass is 405 g/mol. The summed E-state index contributed by atoms with van der Waals surface area (Å²) < 4.78 is 2.04. The molecule has 0 saturated heterocycles. The van der Waals surface area contributed by atoms with Crippen LogP contribution in [0.3, 0.4) is 0 Å². The van der Waals surface area contributed by atoms with E-state index >= 15 is 0 Å². The summed E-state index contributed by atoms with van der Waals surface area (Å²) in [6.45, 7) is 4.86. The summed E-state index contributed by atoms with van der Waals surface area (Å²) in [6.07, 6.45) is 6.81. The largest absolute Gasteiger partial charge is 0.365 e. The van der Waals surface area contributed by atoms with E-state index in [4.69, 9.17) is 21.6 Å². The molecule has 1 aromatic carbocycles. The third kappa shape index (κ3) is 4.19. The van der Waals surface area contributed by atoms with Gasteiger partial charge in [-0.2, -0.15) is 0 Å². The zero-order valence-electron chi connectivity index (χ0n) is 15.7. The summed E-state index contributed by atoms with van der Waals surface area (Å²) in [5.41, 5.74) is 1.91. The number of nitrogens with one attached hydrogen (secondary N) is 1. The molecule has 1 N–H and O–H groups in total. The molecule has 144 valence electrons. The number of fused-ring (bicyclic) bond motifs is 1. The Hall–Kier alpha value is -1.85. The van der Waals surface area contributed by atoms with Crippen molar-refractivity contribution in [3.8, 4) is 11.5 Å². The van der Waals surface area contributed by atoms with Gasteiger partial charge >= 0.3 is 0 Å². The molecule has 0 unspecified atom stereocenters. The van der Waals surface area contributed by atoms with Crippen LogP contribution >= 0.6 is 24.0 Å². The summed E-state index contributed by atoms with van der Waals surface area (Å²) in [5.74, 6) is 2.84. The van der Waals surface area contributed by atoms with E-state index in [9.17, 15) is 0 Å². The highest BCUT2D eigenvalue weighted by Crippen LogP contribution is 2.31. The molecule has 3 aliphatic rings. The highest BCUT2D eigenvalue weighted by Gasteiger charge is 2.24. The van der Waals surface area contributed by atoms with Crippen LogP contribution in [0.15, 0.2) is 30.6 Å². The minimum Gasteiger partial charge on any atom is -0.365 e. The number of benzene rings is 1. The maximum Gasteiger partial charge on any atom is 0.166 e. The second-order valence-electron chi connectivity index (χ2n) is 7.35. The Morgan fingerprint density at radius 1 is 1.19 bits per heavy atom. The van der Waals surface area contributed by atoms with Gasteiger partial charge in [0.2, 0.25) is 0 Å². The standard InChI is InChI=1S/C20H24ClN5.ClH/c1-13(2)18-24-17-19(23-15-8-4-5-9-15)22-12-26(20(17)25-18)11-14-7-3-6-10-16(14)21;/h3,6-7,10,12-13,15,23H,4-5,8-9,11H2,1-2H3;1H. The molecule has 2 heterocycles. The first-order chi connectivity index (χ1) is 12.6. The van der Waals surface area contributed by atoms with Gasteiger partial charge in [0.15, 0.2) is 17.3 Å². The van der Waals surface area contributed by atoms with Crippen molar-refractivity contribution in [2.24, 2.45) is 0 Å². The lowest BCUT2D eigenvalue weighted by molar-refractivity contribution is 0.731. The predicted octanol–water partition coefficient (Wildman–Crippen LogP) is 5.38. The van der Waals surface area contributed by atoms with Gasteiger partial charge in [-0.05, 0) is 24.5 Å². The maximum atomic E-state index is 6.34. The van der Waals surface area contributed by atoms with E-state index < -0.39 is 0 Å². The molecular formula is C20H25Cl2N5. The highest BCUT2D eigenvalue weighted by molar-refractivity contribution is 6.31. The quantitative estimate of drug-likeness (QED) is 0.618. The molecule has 7 heteroatoms. The van der Waals surface area contributed by atoms with Crippen LogP contribution in [0, 0.1) is 0 Å². The topological polar surface area (TPSA) is 55.6 Å². The minimum absolute atomic E-state index is 0. The number of hydrogen-bond donors (Lipinski definition) is 1. The van der Waals surface area contributed by atoms with Crippen molar-refractivity contribution < 1.29 is 0 Å². The molecule has 5 nitrogen and oxygen atoms in total. The van der Waals surface area contributed by atoms with Crippen LogP contribution in [-0.4, -0.2) is 25.6 Å². The van der Waals surface area contributed by atoms with Crippen molar-refractivity contribution in [3.63, 3.8) is 0 Å². The molecule has 2 aliphatic heterocycles. The Morgan fingerprint density at radius 3 is 2.63 bits per heavy atom. The normalized spacial score (nSPS) is 14.7. The lowest BCUT2D eigenvalue weighted by atomic mass is 10.2. The molecular weight excluding hydrogens is 381 g/mol. The number of hydrogen-bond acceptors (Lipinski definition) is 4. The first-order valence-electron chi connectivity index (χ1n) is 9.34. The second kappa shape index (κ2) is 8.44. The number of nitrogens with zero attached hydrogens (tertiary/aromatic N) is 4. The summed E-state index contributed by atoms with van der Waals surface area (Å²) in [7, 11) is 0. The SMILES string of the molecule is CC(C)c1nc2c(NC3CCCC3)ncn(Cc3ccccc3Cl)c-2n1.Cl. The van der Waals surface area contributed by atoms with Gasteiger partial charge in [-0.1, -0.05) is 56.5 Å². The minimum atomic E-state index is 0. The zero-order valence-corrected chi connectivity index (χ0v) is 17.2. The van der Waals surface area contributed by atoms with E-state index in [2.05, 4.69) is 24.1 Å². The molecule has 0 spiro atoms. The smallest absolute Gasteiger partial charge is 0.166 e. The molecule has 1 aliphatic carbocycles. The summed E-state index contributed by atoms with van der Waals surface area (Å²) in [5, 5.41) is 4.34. The fourth-order valence-corrected chi connectivity index (χ4v) is 3.70. The Balaban J connectivity index is 0.00000210. The van der Waals surface area contributed by atoms with Gasteiger partial charge in [-0.15, -0.1) is 12.4 Å². The van der Waals surface area contributed by atoms with Crippen molar-refractivity contribution in [1.82, 2.24) is 19.5 Å². The number of halogens is 2. The number of aromatic nitrogens is 4. The number of rotatable bonds is 5. The van der Waals surface area contributed by atoms with Gasteiger partial charge in [-0.25, -0.2) is 15.0 Å². The van der Waals surface area contributed by atoms with Gasteiger partial charge in [0.25, 0.3) is 0 Å². The van der Waals surface area contributed by atoms with Crippen LogP contribution in [-0.2, 0) is 6.54 Å². The van der Waals surface area contributed by atoms with Crippen LogP contribution < -0.4 is 5.32 Å². The summed E-state index contributed by atoms with van der Waals surface area (Å²) >= 11 is 6.34. The molecule has 0 bridgehead atoms. The molecule has 0 atom stereocenters. The van der Waals surface area contributed by atoms with Crippen molar-refractivity contribution in [1.29, 1.82) is 0 Å². The number of imidazole rings is 1. The fourth-order valence-electron chi connectivity index (χ4n) is 3.51. The average Bonchev–Trinajstić information content (AvgIpc) is 3.28. The third-order valence-electron chi connectivity index (χ3n) is 4.99. The first-order valence-corrected chi connectivity index (χ1v) is 9.72. The van der Waals surface area contributed by atoms with Crippen molar-refractivity contribution in [3.05, 3.63) is 47.0 Å². The maximum absolute atomic E-state index is 6.34. The Labute approximate surface area is 171 Å². The second-order valence-corrected chi connectivity index (χ2v) is 7.75. The third-order valence-corrected chi connectivity index (χ3v) is 5.36. The van der Waals surface area contributed by atoms with Crippen molar-refractivity contribution in [2.45, 2.75) is 58.0 Å². The van der Waals surface area contributed by atoms with Gasteiger partial charge in [0.05, 0.1) is 12.9 Å². The van der Waals surface area contributed by atoms with Crippen LogP contribution in [0.2, 0.25) is 5.02 Å². The predicted molar refractivity (Wildman–Crippen MR) is 112 cm³/mol. The van der Waals surface area contributed by atoms with Crippen LogP contribution in [0.1, 0.15) is 56.8 Å². The lowest BCUT2D eigenvalue weighted by Crippen LogP contribution is -2.18. The van der Waals surface area contributed by atoms with E-state index in [1.807, 2.05) is 35.2 Å². The van der Waals surface area contributed by atoms with E-state index in [1.54, 1.807) is 0 Å². The first kappa shape index (κ1) is 19.9. The lowest BCUT2D eigenvalue weighted by Gasteiger charge is -2.17. The summed E-state index contributed by atoms with van der Waals surface area (Å²) in [4.78, 5) is 14.3. The van der Waals surface area contributed by atoms with Crippen molar-refractivity contribution in [2.75, 3.05) is 5.32 Å². The van der Waals surface area contributed by atoms with E-state index in [0.29, 0.717) is 12.6 Å². The fraction of sp³-hybridized carbons (Fsp3) is 0.450. The molecule has 1 aromatic rings. The van der Waals surface area contributed by atoms with Crippen LogP contribution in [0.25, 0.3) is 11.5 Å². The van der Waals surface area contributed by atoms with E-state index in [1.165, 1.54) is 25.7 Å². The molecule has 0 amide bonds. The average molecular weight is 406 g/mol. The molecule has 4 rings (SSSR count). The molecule has 0 aromatic heterocycles. The van der Waals surface area contributed by atoms with E-state index in [-0.39, 0.29) is 18.3 Å². The van der Waals surface area contributed by atoms with Gasteiger partial charge < -0.3 is 9.88 Å². The summed E-state index contributed by atoms with van der Waals surface area (Å²) in [6, 6.07) is 8.38. The molecule has 0 radical (unpaired) electrons. The van der Waals surface area contributed by atoms with Crippen LogP contribution in [0.5, 0.6) is 0 Å². The Bertz CT molecular complexity index is 871. The zero-order chi connectivity index (χ0) is 18.1. The van der Waals surface area contributed by atoms with Crippen molar-refractivity contribution >= 4 is 29.8 Å². The number of anilines is 1. The Kier molecular flexibility index (Phi) is 6.22. The molecule has 1 fully saturated rings.